The first-order chi connectivity index (χ1) is 13.5. The number of fused-ring (bicyclic) bond motifs is 1. The van der Waals surface area contributed by atoms with Gasteiger partial charge in [-0.3, -0.25) is 13.9 Å². The van der Waals surface area contributed by atoms with Gasteiger partial charge >= 0.3 is 5.69 Å². The van der Waals surface area contributed by atoms with Gasteiger partial charge in [0.05, 0.1) is 6.33 Å². The van der Waals surface area contributed by atoms with Gasteiger partial charge in [-0.25, -0.2) is 9.78 Å². The first kappa shape index (κ1) is 18.2. The van der Waals surface area contributed by atoms with Crippen LogP contribution in [0.15, 0.2) is 57.0 Å². The van der Waals surface area contributed by atoms with Crippen molar-refractivity contribution >= 4 is 28.2 Å². The van der Waals surface area contributed by atoms with E-state index in [4.69, 9.17) is 0 Å². The van der Waals surface area contributed by atoms with Gasteiger partial charge < -0.3 is 9.47 Å². The van der Waals surface area contributed by atoms with E-state index < -0.39 is 0 Å². The third kappa shape index (κ3) is 3.05. The van der Waals surface area contributed by atoms with Crippen LogP contribution in [0.1, 0.15) is 0 Å². The van der Waals surface area contributed by atoms with Crippen molar-refractivity contribution in [3.05, 3.63) is 68.3 Å². The number of hydrogen-bond acceptors (Lipinski definition) is 5. The first-order valence-corrected chi connectivity index (χ1v) is 9.86. The van der Waals surface area contributed by atoms with E-state index in [2.05, 4.69) is 51.0 Å². The zero-order valence-corrected chi connectivity index (χ0v) is 16.8. The van der Waals surface area contributed by atoms with E-state index in [-0.39, 0.29) is 11.2 Å². The molecule has 0 saturated carbocycles. The van der Waals surface area contributed by atoms with E-state index in [1.807, 2.05) is 11.6 Å². The first-order valence-electron chi connectivity index (χ1n) is 8.92. The third-order valence-electron chi connectivity index (χ3n) is 5.06. The van der Waals surface area contributed by atoms with Gasteiger partial charge in [0, 0.05) is 39.9 Å². The van der Waals surface area contributed by atoms with Crippen molar-refractivity contribution < 1.29 is 0 Å². The van der Waals surface area contributed by atoms with Crippen molar-refractivity contribution in [2.75, 3.05) is 18.5 Å². The number of aryl methyl sites for hydroxylation is 1. The highest BCUT2D eigenvalue weighted by Gasteiger charge is 2.14. The number of imidazole rings is 1. The summed E-state index contributed by atoms with van der Waals surface area (Å²) in [6.07, 6.45) is 1.62. The molecule has 1 aromatic carbocycles. The van der Waals surface area contributed by atoms with Gasteiger partial charge in [0.25, 0.3) is 5.56 Å². The Morgan fingerprint density at radius 1 is 1.04 bits per heavy atom. The smallest absolute Gasteiger partial charge is 0.332 e. The van der Waals surface area contributed by atoms with E-state index in [1.54, 1.807) is 24.7 Å². The third-order valence-corrected chi connectivity index (χ3v) is 5.74. The average molecular weight is 395 g/mol. The lowest BCUT2D eigenvalue weighted by molar-refractivity contribution is 0.680. The number of benzene rings is 1. The summed E-state index contributed by atoms with van der Waals surface area (Å²) in [5.74, 6) is 0. The summed E-state index contributed by atoms with van der Waals surface area (Å²) in [5.41, 5.74) is 3.70. The molecule has 0 unspecified atom stereocenters. The second kappa shape index (κ2) is 7.12. The number of anilines is 1. The van der Waals surface area contributed by atoms with Crippen LogP contribution >= 0.6 is 11.3 Å². The predicted molar refractivity (Wildman–Crippen MR) is 113 cm³/mol. The number of aromatic nitrogens is 4. The molecule has 7 nitrogen and oxygen atoms in total. The molecule has 0 spiro atoms. The van der Waals surface area contributed by atoms with E-state index in [0.29, 0.717) is 24.3 Å². The maximum absolute atomic E-state index is 12.5. The molecule has 0 N–H and O–H groups in total. The van der Waals surface area contributed by atoms with Crippen LogP contribution in [0.3, 0.4) is 0 Å². The lowest BCUT2D eigenvalue weighted by atomic mass is 10.1. The van der Waals surface area contributed by atoms with Crippen molar-refractivity contribution in [1.82, 2.24) is 18.7 Å². The number of hydrogen-bond donors (Lipinski definition) is 0. The Balaban J connectivity index is 1.55. The minimum Gasteiger partial charge on any atom is -0.373 e. The molecule has 8 heteroatoms. The highest BCUT2D eigenvalue weighted by atomic mass is 32.1. The Morgan fingerprint density at radius 3 is 2.46 bits per heavy atom. The Hall–Kier alpha value is -3.13. The summed E-state index contributed by atoms with van der Waals surface area (Å²) in [7, 11) is 5.14. The Bertz CT molecular complexity index is 1230. The Kier molecular flexibility index (Phi) is 4.64. The molecule has 0 radical (unpaired) electrons. The van der Waals surface area contributed by atoms with Crippen LogP contribution in [-0.4, -0.2) is 32.3 Å². The van der Waals surface area contributed by atoms with Crippen molar-refractivity contribution in [2.45, 2.75) is 6.54 Å². The van der Waals surface area contributed by atoms with Crippen LogP contribution < -0.4 is 16.1 Å². The molecule has 3 heterocycles. The van der Waals surface area contributed by atoms with E-state index in [1.165, 1.54) is 22.7 Å². The lowest BCUT2D eigenvalue weighted by Gasteiger charge is -2.20. The normalized spacial score (nSPS) is 11.2. The molecule has 0 aliphatic rings. The fraction of sp³-hybridized carbons (Fsp3) is 0.250. The number of likely N-dealkylation sites (N-methyl/N-ethyl adjacent to an activating group) is 1. The summed E-state index contributed by atoms with van der Waals surface area (Å²) in [6.45, 7) is 1.29. The van der Waals surface area contributed by atoms with Gasteiger partial charge in [0.2, 0.25) is 0 Å². The molecule has 0 bridgehead atoms. The molecule has 4 rings (SSSR count). The largest absolute Gasteiger partial charge is 0.373 e. The lowest BCUT2D eigenvalue weighted by Crippen LogP contribution is -2.37. The molecule has 0 fully saturated rings. The van der Waals surface area contributed by atoms with Crippen molar-refractivity contribution in [3.8, 4) is 11.1 Å². The molecule has 3 aromatic heterocycles. The monoisotopic (exact) mass is 395 g/mol. The Labute approximate surface area is 165 Å². The Morgan fingerprint density at radius 2 is 1.79 bits per heavy atom. The molecule has 0 saturated heterocycles. The van der Waals surface area contributed by atoms with Gasteiger partial charge in [-0.15, -0.1) is 0 Å². The standard InChI is InChI=1S/C20H21N5O2S/c1-22(16-6-4-14(5-7-16)15-8-11-28-12-15)9-10-25-13-21-18-17(25)19(26)24(3)20(27)23(18)2/h4-8,11-13H,9-10H2,1-3H3. The van der Waals surface area contributed by atoms with Gasteiger partial charge in [-0.05, 0) is 40.1 Å². The van der Waals surface area contributed by atoms with Gasteiger partial charge in [-0.2, -0.15) is 11.3 Å². The van der Waals surface area contributed by atoms with Crippen LogP contribution in [0.5, 0.6) is 0 Å². The van der Waals surface area contributed by atoms with Gasteiger partial charge in [0.1, 0.15) is 0 Å². The molecular formula is C20H21N5O2S. The highest BCUT2D eigenvalue weighted by Crippen LogP contribution is 2.24. The van der Waals surface area contributed by atoms with Crippen LogP contribution in [0, 0.1) is 0 Å². The van der Waals surface area contributed by atoms with E-state index in [9.17, 15) is 9.59 Å². The van der Waals surface area contributed by atoms with Crippen LogP contribution in [0.4, 0.5) is 5.69 Å². The second-order valence-corrected chi connectivity index (χ2v) is 7.58. The summed E-state index contributed by atoms with van der Waals surface area (Å²) in [4.78, 5) is 31.0. The predicted octanol–water partition coefficient (Wildman–Crippen LogP) is 2.30. The molecular weight excluding hydrogens is 374 g/mol. The molecule has 0 aliphatic carbocycles. The maximum atomic E-state index is 12.5. The fourth-order valence-electron chi connectivity index (χ4n) is 3.29. The number of rotatable bonds is 5. The summed E-state index contributed by atoms with van der Waals surface area (Å²) in [5, 5.41) is 4.21. The van der Waals surface area contributed by atoms with Crippen LogP contribution in [0.2, 0.25) is 0 Å². The van der Waals surface area contributed by atoms with Crippen molar-refractivity contribution in [2.24, 2.45) is 14.1 Å². The number of nitrogens with zero attached hydrogens (tertiary/aromatic N) is 5. The van der Waals surface area contributed by atoms with Gasteiger partial charge in [-0.1, -0.05) is 12.1 Å². The highest BCUT2D eigenvalue weighted by molar-refractivity contribution is 7.08. The summed E-state index contributed by atoms with van der Waals surface area (Å²) in [6, 6.07) is 10.5. The van der Waals surface area contributed by atoms with Crippen molar-refractivity contribution in [3.63, 3.8) is 0 Å². The van der Waals surface area contributed by atoms with E-state index in [0.717, 1.165) is 10.3 Å². The molecule has 0 aliphatic heterocycles. The van der Waals surface area contributed by atoms with Crippen LogP contribution in [0.25, 0.3) is 22.3 Å². The van der Waals surface area contributed by atoms with E-state index >= 15 is 0 Å². The number of thiophene rings is 1. The molecule has 0 atom stereocenters. The minimum atomic E-state index is -0.370. The maximum Gasteiger partial charge on any atom is 0.332 e. The molecule has 144 valence electrons. The van der Waals surface area contributed by atoms with Crippen LogP contribution in [-0.2, 0) is 20.6 Å². The molecule has 28 heavy (non-hydrogen) atoms. The summed E-state index contributed by atoms with van der Waals surface area (Å²) >= 11 is 1.69. The zero-order chi connectivity index (χ0) is 19.8. The fourth-order valence-corrected chi connectivity index (χ4v) is 3.96. The van der Waals surface area contributed by atoms with Gasteiger partial charge in [0.15, 0.2) is 11.2 Å². The zero-order valence-electron chi connectivity index (χ0n) is 16.0. The average Bonchev–Trinajstić information content (AvgIpc) is 3.39. The topological polar surface area (TPSA) is 65.1 Å². The quantitative estimate of drug-likeness (QED) is 0.520. The summed E-state index contributed by atoms with van der Waals surface area (Å²) < 4.78 is 4.33. The SMILES string of the molecule is CN(CCn1cnc2c1c(=O)n(C)c(=O)n2C)c1ccc(-c2ccsc2)cc1. The molecule has 0 amide bonds. The molecule has 4 aromatic rings. The second-order valence-electron chi connectivity index (χ2n) is 6.80. The minimum absolute atomic E-state index is 0.321. The van der Waals surface area contributed by atoms with Crippen molar-refractivity contribution in [1.29, 1.82) is 0 Å².